The van der Waals surface area contributed by atoms with Crippen LogP contribution in [-0.4, -0.2) is 0 Å². The summed E-state index contributed by atoms with van der Waals surface area (Å²) in [6, 6.07) is 87.3. The number of furan rings is 1. The molecule has 11 aromatic carbocycles. The van der Waals surface area contributed by atoms with Gasteiger partial charge >= 0.3 is 0 Å². The molecule has 0 aliphatic rings. The van der Waals surface area contributed by atoms with E-state index in [1.54, 1.807) is 0 Å². The van der Waals surface area contributed by atoms with E-state index >= 15 is 0 Å². The molecule has 4 heteroatoms. The summed E-state index contributed by atoms with van der Waals surface area (Å²) in [5.41, 5.74) is 13.0. The first-order valence-electron chi connectivity index (χ1n) is 22.4. The molecular formula is C62H40N2OS. The third-order valence-corrected chi connectivity index (χ3v) is 14.2. The molecule has 2 heterocycles. The molecule has 0 N–H and O–H groups in total. The van der Waals surface area contributed by atoms with Crippen LogP contribution in [0.5, 0.6) is 0 Å². The van der Waals surface area contributed by atoms with Gasteiger partial charge in [-0.2, -0.15) is 0 Å². The molecule has 0 fully saturated rings. The van der Waals surface area contributed by atoms with Crippen molar-refractivity contribution in [1.29, 1.82) is 0 Å². The lowest BCUT2D eigenvalue weighted by Crippen LogP contribution is -2.11. The summed E-state index contributed by atoms with van der Waals surface area (Å²) in [4.78, 5) is 4.70. The van der Waals surface area contributed by atoms with Crippen molar-refractivity contribution in [1.82, 2.24) is 0 Å². The Bertz CT molecular complexity index is 3930. The highest BCUT2D eigenvalue weighted by Crippen LogP contribution is 2.48. The van der Waals surface area contributed by atoms with Gasteiger partial charge in [0.15, 0.2) is 5.58 Å². The first-order valence-corrected chi connectivity index (χ1v) is 23.2. The van der Waals surface area contributed by atoms with Crippen LogP contribution in [0.1, 0.15) is 0 Å². The minimum absolute atomic E-state index is 0.875. The second kappa shape index (κ2) is 15.7. The Balaban J connectivity index is 0.927. The van der Waals surface area contributed by atoms with Crippen LogP contribution < -0.4 is 9.80 Å². The van der Waals surface area contributed by atoms with Crippen molar-refractivity contribution < 1.29 is 4.42 Å². The van der Waals surface area contributed by atoms with E-state index in [1.807, 2.05) is 17.4 Å². The van der Waals surface area contributed by atoms with Gasteiger partial charge in [-0.25, -0.2) is 0 Å². The number of para-hydroxylation sites is 5. The maximum absolute atomic E-state index is 6.63. The van der Waals surface area contributed by atoms with Gasteiger partial charge < -0.3 is 14.2 Å². The van der Waals surface area contributed by atoms with Gasteiger partial charge in [-0.15, -0.1) is 11.3 Å². The van der Waals surface area contributed by atoms with Gasteiger partial charge in [0.25, 0.3) is 0 Å². The Morgan fingerprint density at radius 2 is 0.879 bits per heavy atom. The summed E-state index contributed by atoms with van der Waals surface area (Å²) in [6.45, 7) is 0. The SMILES string of the molecule is c1ccc(-c2ccccc2N(c2ccccc2)c2ccc(-c3ccc4c(c3)sc3c5ccc(N(c6ccccc6)c6cccc7c6oc6ccccc67)cc5c5ccccc5c43)cc2)cc1. The summed E-state index contributed by atoms with van der Waals surface area (Å²) < 4.78 is 9.21. The molecule has 3 nitrogen and oxygen atoms in total. The molecule has 0 spiro atoms. The molecule has 0 saturated carbocycles. The molecule has 66 heavy (non-hydrogen) atoms. The molecule has 0 atom stereocenters. The molecule has 0 aliphatic heterocycles. The summed E-state index contributed by atoms with van der Waals surface area (Å²) in [7, 11) is 0. The fourth-order valence-corrected chi connectivity index (χ4v) is 11.3. The van der Waals surface area contributed by atoms with Crippen molar-refractivity contribution in [3.63, 3.8) is 0 Å². The standard InChI is InChI=1S/C62H40N2OS/c1-4-17-42(18-5-1)48-23-12-14-28-56(48)63(44-19-6-2-7-20-44)46-34-31-41(32-35-46)43-33-37-54-59(39-43)66-62-53-38-36-47(40-55(53)49-24-10-11-26-51(49)60(54)62)64(45-21-8-3-9-22-45)57-29-16-27-52-50-25-13-15-30-58(50)65-61(52)57/h1-40H. The van der Waals surface area contributed by atoms with Gasteiger partial charge in [-0.05, 0) is 106 Å². The van der Waals surface area contributed by atoms with Crippen LogP contribution in [0.3, 0.4) is 0 Å². The lowest BCUT2D eigenvalue weighted by molar-refractivity contribution is 0.669. The summed E-state index contributed by atoms with van der Waals surface area (Å²) in [5.74, 6) is 0. The van der Waals surface area contributed by atoms with Crippen LogP contribution in [-0.2, 0) is 0 Å². The van der Waals surface area contributed by atoms with Gasteiger partial charge in [0.1, 0.15) is 5.58 Å². The van der Waals surface area contributed by atoms with Gasteiger partial charge in [-0.3, -0.25) is 0 Å². The molecule has 0 radical (unpaired) electrons. The van der Waals surface area contributed by atoms with Crippen molar-refractivity contribution in [3.8, 4) is 22.3 Å². The molecule has 0 bridgehead atoms. The maximum atomic E-state index is 6.63. The fourth-order valence-electron chi connectivity index (χ4n) is 10.0. The second-order valence-electron chi connectivity index (χ2n) is 16.8. The highest BCUT2D eigenvalue weighted by molar-refractivity contribution is 7.27. The third kappa shape index (κ3) is 6.26. The van der Waals surface area contributed by atoms with E-state index in [2.05, 4.69) is 246 Å². The monoisotopic (exact) mass is 860 g/mol. The van der Waals surface area contributed by atoms with Crippen LogP contribution in [0.2, 0.25) is 0 Å². The number of nitrogens with zero attached hydrogens (tertiary/aromatic N) is 2. The zero-order valence-electron chi connectivity index (χ0n) is 35.8. The number of benzene rings is 11. The van der Waals surface area contributed by atoms with Crippen LogP contribution in [0.15, 0.2) is 247 Å². The zero-order valence-corrected chi connectivity index (χ0v) is 36.6. The van der Waals surface area contributed by atoms with E-state index < -0.39 is 0 Å². The smallest absolute Gasteiger partial charge is 0.159 e. The van der Waals surface area contributed by atoms with Crippen molar-refractivity contribution in [2.45, 2.75) is 0 Å². The quantitative estimate of drug-likeness (QED) is 0.142. The highest BCUT2D eigenvalue weighted by atomic mass is 32.1. The van der Waals surface area contributed by atoms with E-state index in [9.17, 15) is 0 Å². The number of rotatable bonds is 8. The molecule has 0 saturated heterocycles. The largest absolute Gasteiger partial charge is 0.454 e. The molecule has 0 unspecified atom stereocenters. The van der Waals surface area contributed by atoms with E-state index in [4.69, 9.17) is 4.42 Å². The molecule has 13 aromatic rings. The molecule has 0 aliphatic carbocycles. The molecule has 310 valence electrons. The number of hydrogen-bond acceptors (Lipinski definition) is 4. The highest BCUT2D eigenvalue weighted by Gasteiger charge is 2.22. The normalized spacial score (nSPS) is 11.6. The lowest BCUT2D eigenvalue weighted by atomic mass is 9.95. The maximum Gasteiger partial charge on any atom is 0.159 e. The van der Waals surface area contributed by atoms with Crippen LogP contribution in [0.4, 0.5) is 34.1 Å². The average molecular weight is 861 g/mol. The Kier molecular flexibility index (Phi) is 9.03. The zero-order chi connectivity index (χ0) is 43.6. The van der Waals surface area contributed by atoms with Crippen LogP contribution >= 0.6 is 11.3 Å². The van der Waals surface area contributed by atoms with E-state index in [0.717, 1.165) is 56.1 Å². The topological polar surface area (TPSA) is 19.6 Å². The van der Waals surface area contributed by atoms with E-state index in [1.165, 1.54) is 64.0 Å². The van der Waals surface area contributed by atoms with E-state index in [0.29, 0.717) is 0 Å². The Morgan fingerprint density at radius 3 is 1.65 bits per heavy atom. The third-order valence-electron chi connectivity index (χ3n) is 13.0. The van der Waals surface area contributed by atoms with Gasteiger partial charge in [-0.1, -0.05) is 170 Å². The number of thiophene rings is 1. The lowest BCUT2D eigenvalue weighted by Gasteiger charge is -2.28. The van der Waals surface area contributed by atoms with E-state index in [-0.39, 0.29) is 0 Å². The van der Waals surface area contributed by atoms with Crippen molar-refractivity contribution >= 4 is 109 Å². The summed E-state index contributed by atoms with van der Waals surface area (Å²) in [6.07, 6.45) is 0. The van der Waals surface area contributed by atoms with Crippen molar-refractivity contribution in [3.05, 3.63) is 243 Å². The predicted molar refractivity (Wildman–Crippen MR) is 282 cm³/mol. The minimum atomic E-state index is 0.875. The summed E-state index contributed by atoms with van der Waals surface area (Å²) in [5, 5.41) is 9.82. The number of hydrogen-bond donors (Lipinski definition) is 0. The Labute approximate surface area is 386 Å². The second-order valence-corrected chi connectivity index (χ2v) is 17.9. The number of anilines is 6. The van der Waals surface area contributed by atoms with Crippen LogP contribution in [0, 0.1) is 0 Å². The molecule has 0 amide bonds. The molecular weight excluding hydrogens is 821 g/mol. The first-order chi connectivity index (χ1) is 32.7. The Morgan fingerprint density at radius 1 is 0.318 bits per heavy atom. The predicted octanol–water partition coefficient (Wildman–Crippen LogP) is 18.5. The van der Waals surface area contributed by atoms with Gasteiger partial charge in [0, 0.05) is 64.6 Å². The fraction of sp³-hybridized carbons (Fsp3) is 0. The molecule has 13 rings (SSSR count). The first kappa shape index (κ1) is 38.1. The van der Waals surface area contributed by atoms with Gasteiger partial charge in [0.05, 0.1) is 11.4 Å². The van der Waals surface area contributed by atoms with Crippen molar-refractivity contribution in [2.24, 2.45) is 0 Å². The van der Waals surface area contributed by atoms with Gasteiger partial charge in [0.2, 0.25) is 0 Å². The van der Waals surface area contributed by atoms with Crippen LogP contribution in [0.25, 0.3) is 85.9 Å². The summed E-state index contributed by atoms with van der Waals surface area (Å²) >= 11 is 1.89. The Hall–Kier alpha value is -8.44. The van der Waals surface area contributed by atoms with Crippen molar-refractivity contribution in [2.75, 3.05) is 9.80 Å². The average Bonchev–Trinajstić information content (AvgIpc) is 3.97. The number of fused-ring (bicyclic) bond motifs is 11. The molecule has 2 aromatic heterocycles. The minimum Gasteiger partial charge on any atom is -0.454 e.